The molecule has 1 saturated heterocycles. The summed E-state index contributed by atoms with van der Waals surface area (Å²) in [6.07, 6.45) is -0.477. The maximum Gasteiger partial charge on any atom is 0.573 e. The number of nitrogens with zero attached hydrogens (tertiary/aromatic N) is 4. The molecule has 3 aromatic rings. The Morgan fingerprint density at radius 2 is 1.80 bits per heavy atom. The van der Waals surface area contributed by atoms with Gasteiger partial charge in [0.15, 0.2) is 0 Å². The summed E-state index contributed by atoms with van der Waals surface area (Å²) >= 11 is 0. The first-order chi connectivity index (χ1) is 16.7. The molecule has 3 heterocycles. The van der Waals surface area contributed by atoms with Crippen molar-refractivity contribution in [2.45, 2.75) is 12.9 Å². The van der Waals surface area contributed by atoms with Crippen molar-refractivity contribution in [3.05, 3.63) is 72.7 Å². The number of pyridine rings is 2. The number of rotatable bonds is 6. The summed E-state index contributed by atoms with van der Waals surface area (Å²) in [5.74, 6) is -0.706. The molecule has 1 aliphatic rings. The number of ether oxygens (including phenoxy) is 1. The number of nitrogens with one attached hydrogen (secondary N) is 2. The number of urea groups is 2. The minimum Gasteiger partial charge on any atom is -0.406 e. The lowest BCUT2D eigenvalue weighted by atomic mass is 10.2. The summed E-state index contributed by atoms with van der Waals surface area (Å²) in [6.45, 7) is -0.292. The van der Waals surface area contributed by atoms with Crippen molar-refractivity contribution < 1.29 is 32.3 Å². The minimum absolute atomic E-state index is 0.0297. The van der Waals surface area contributed by atoms with Gasteiger partial charge >= 0.3 is 18.4 Å². The topological polar surface area (TPSA) is 117 Å². The standard InChI is InChI=1S/C22H17F3N6O4/c23-22(24,25)35-16-6-4-15(5-7-16)31-19(32)13-30(21(31)34)12-14-8-10-26-11-17(14)28-20(33)29-18-3-1-2-9-27-18/h1-11H,12-13H2,(H2,27,28,29,33). The molecule has 180 valence electrons. The Morgan fingerprint density at radius 1 is 1.03 bits per heavy atom. The van der Waals surface area contributed by atoms with Crippen molar-refractivity contribution in [1.82, 2.24) is 14.9 Å². The zero-order valence-electron chi connectivity index (χ0n) is 17.8. The molecule has 0 saturated carbocycles. The molecular weight excluding hydrogens is 469 g/mol. The highest BCUT2D eigenvalue weighted by Crippen LogP contribution is 2.28. The van der Waals surface area contributed by atoms with Crippen LogP contribution in [0.1, 0.15) is 5.56 Å². The number of amides is 5. The lowest BCUT2D eigenvalue weighted by Gasteiger charge is -2.19. The average molecular weight is 486 g/mol. The van der Waals surface area contributed by atoms with E-state index in [0.29, 0.717) is 17.1 Å². The third kappa shape index (κ3) is 5.82. The molecule has 35 heavy (non-hydrogen) atoms. The van der Waals surface area contributed by atoms with Gasteiger partial charge in [-0.1, -0.05) is 6.07 Å². The maximum atomic E-state index is 12.9. The van der Waals surface area contributed by atoms with Gasteiger partial charge in [0.05, 0.1) is 24.1 Å². The molecule has 10 nitrogen and oxygen atoms in total. The third-order valence-corrected chi connectivity index (χ3v) is 4.79. The van der Waals surface area contributed by atoms with Gasteiger partial charge in [-0.05, 0) is 48.0 Å². The predicted molar refractivity (Wildman–Crippen MR) is 118 cm³/mol. The van der Waals surface area contributed by atoms with E-state index in [9.17, 15) is 27.6 Å². The molecule has 1 aromatic carbocycles. The van der Waals surface area contributed by atoms with E-state index >= 15 is 0 Å². The van der Waals surface area contributed by atoms with Gasteiger partial charge in [-0.2, -0.15) is 0 Å². The summed E-state index contributed by atoms with van der Waals surface area (Å²) in [7, 11) is 0. The van der Waals surface area contributed by atoms with Crippen LogP contribution >= 0.6 is 0 Å². The SMILES string of the molecule is O=C(Nc1ccccn1)Nc1cnccc1CN1CC(=O)N(c2ccc(OC(F)(F)F)cc2)C1=O. The second kappa shape index (κ2) is 9.67. The van der Waals surface area contributed by atoms with Crippen LogP contribution in [0.25, 0.3) is 0 Å². The average Bonchev–Trinajstić information content (AvgIpc) is 3.08. The number of anilines is 3. The molecule has 4 rings (SSSR count). The van der Waals surface area contributed by atoms with Crippen molar-refractivity contribution >= 4 is 35.2 Å². The maximum absolute atomic E-state index is 12.9. The van der Waals surface area contributed by atoms with Crippen molar-refractivity contribution in [3.8, 4) is 5.75 Å². The van der Waals surface area contributed by atoms with Crippen LogP contribution in [0.15, 0.2) is 67.1 Å². The Kier molecular flexibility index (Phi) is 6.48. The fourth-order valence-electron chi connectivity index (χ4n) is 3.31. The van der Waals surface area contributed by atoms with Crippen LogP contribution in [0.4, 0.5) is 40.0 Å². The fourth-order valence-corrected chi connectivity index (χ4v) is 3.31. The number of hydrogen-bond donors (Lipinski definition) is 2. The molecule has 2 aromatic heterocycles. The predicted octanol–water partition coefficient (Wildman–Crippen LogP) is 3.99. The van der Waals surface area contributed by atoms with E-state index in [2.05, 4.69) is 25.3 Å². The Bertz CT molecular complexity index is 1240. The fraction of sp³-hybridized carbons (Fsp3) is 0.136. The third-order valence-electron chi connectivity index (χ3n) is 4.79. The number of carbonyl (C=O) groups is 3. The van der Waals surface area contributed by atoms with Gasteiger partial charge < -0.3 is 15.0 Å². The molecule has 13 heteroatoms. The highest BCUT2D eigenvalue weighted by atomic mass is 19.4. The monoisotopic (exact) mass is 486 g/mol. The number of imide groups is 1. The molecule has 0 bridgehead atoms. The second-order valence-electron chi connectivity index (χ2n) is 7.24. The zero-order chi connectivity index (χ0) is 25.0. The summed E-state index contributed by atoms with van der Waals surface area (Å²) in [5, 5.41) is 5.19. The van der Waals surface area contributed by atoms with Crippen molar-refractivity contribution in [3.63, 3.8) is 0 Å². The molecule has 5 amide bonds. The molecule has 0 unspecified atom stereocenters. The van der Waals surface area contributed by atoms with E-state index in [1.54, 1.807) is 24.3 Å². The molecule has 2 N–H and O–H groups in total. The molecule has 1 aliphatic heterocycles. The Balaban J connectivity index is 1.44. The van der Waals surface area contributed by atoms with E-state index in [0.717, 1.165) is 17.0 Å². The minimum atomic E-state index is -4.86. The van der Waals surface area contributed by atoms with Crippen LogP contribution < -0.4 is 20.3 Å². The first kappa shape index (κ1) is 23.5. The van der Waals surface area contributed by atoms with Gasteiger partial charge in [-0.25, -0.2) is 19.5 Å². The van der Waals surface area contributed by atoms with Crippen LogP contribution in [0.5, 0.6) is 5.75 Å². The van der Waals surface area contributed by atoms with E-state index < -0.39 is 30.1 Å². The first-order valence-corrected chi connectivity index (χ1v) is 10.1. The van der Waals surface area contributed by atoms with E-state index in [4.69, 9.17) is 0 Å². The van der Waals surface area contributed by atoms with Crippen LogP contribution in [0, 0.1) is 0 Å². The van der Waals surface area contributed by atoms with Crippen molar-refractivity contribution in [2.75, 3.05) is 22.1 Å². The van der Waals surface area contributed by atoms with Gasteiger partial charge in [0.1, 0.15) is 18.1 Å². The number of alkyl halides is 3. The van der Waals surface area contributed by atoms with Gasteiger partial charge in [0.25, 0.3) is 5.91 Å². The van der Waals surface area contributed by atoms with E-state index in [1.165, 1.54) is 35.6 Å². The van der Waals surface area contributed by atoms with Crippen LogP contribution in [-0.2, 0) is 11.3 Å². The molecular formula is C22H17F3N6O4. The lowest BCUT2D eigenvalue weighted by molar-refractivity contribution is -0.274. The Labute approximate surface area is 196 Å². The van der Waals surface area contributed by atoms with Gasteiger partial charge in [0.2, 0.25) is 0 Å². The number of aromatic nitrogens is 2. The Hall–Kier alpha value is -4.68. The molecule has 0 aliphatic carbocycles. The normalized spacial score (nSPS) is 13.7. The molecule has 0 atom stereocenters. The summed E-state index contributed by atoms with van der Waals surface area (Å²) < 4.78 is 40.9. The number of halogens is 3. The highest BCUT2D eigenvalue weighted by molar-refractivity contribution is 6.19. The van der Waals surface area contributed by atoms with Crippen LogP contribution in [0.3, 0.4) is 0 Å². The van der Waals surface area contributed by atoms with E-state index in [-0.39, 0.29) is 18.8 Å². The van der Waals surface area contributed by atoms with Crippen LogP contribution in [-0.4, -0.2) is 45.7 Å². The number of carbonyl (C=O) groups excluding carboxylic acids is 3. The zero-order valence-corrected chi connectivity index (χ0v) is 17.8. The Morgan fingerprint density at radius 3 is 2.49 bits per heavy atom. The second-order valence-corrected chi connectivity index (χ2v) is 7.24. The number of benzene rings is 1. The number of hydrogen-bond acceptors (Lipinski definition) is 6. The first-order valence-electron chi connectivity index (χ1n) is 10.1. The van der Waals surface area contributed by atoms with Crippen molar-refractivity contribution in [2.24, 2.45) is 0 Å². The summed E-state index contributed by atoms with van der Waals surface area (Å²) in [5.41, 5.74) is 0.918. The quantitative estimate of drug-likeness (QED) is 0.509. The van der Waals surface area contributed by atoms with Crippen molar-refractivity contribution in [1.29, 1.82) is 0 Å². The summed E-state index contributed by atoms with van der Waals surface area (Å²) in [6, 6.07) is 9.73. The molecule has 1 fully saturated rings. The lowest BCUT2D eigenvalue weighted by Crippen LogP contribution is -2.33. The van der Waals surface area contributed by atoms with Gasteiger partial charge in [-0.15, -0.1) is 13.2 Å². The van der Waals surface area contributed by atoms with Gasteiger partial charge in [-0.3, -0.25) is 15.1 Å². The van der Waals surface area contributed by atoms with E-state index in [1.807, 2.05) is 0 Å². The molecule has 0 spiro atoms. The smallest absolute Gasteiger partial charge is 0.406 e. The largest absolute Gasteiger partial charge is 0.573 e. The van der Waals surface area contributed by atoms with Gasteiger partial charge in [0, 0.05) is 12.4 Å². The van der Waals surface area contributed by atoms with Crippen LogP contribution in [0.2, 0.25) is 0 Å². The summed E-state index contributed by atoms with van der Waals surface area (Å²) in [4.78, 5) is 47.8. The molecule has 0 radical (unpaired) electrons. The highest BCUT2D eigenvalue weighted by Gasteiger charge is 2.37.